The van der Waals surface area contributed by atoms with Gasteiger partial charge in [-0.25, -0.2) is 4.79 Å². The van der Waals surface area contributed by atoms with Crippen LogP contribution in [0.2, 0.25) is 0 Å². The van der Waals surface area contributed by atoms with Crippen LogP contribution in [0.25, 0.3) is 0 Å². The van der Waals surface area contributed by atoms with Gasteiger partial charge in [0.1, 0.15) is 5.75 Å². The molecule has 0 fully saturated rings. The Kier molecular flexibility index (Phi) is 3.77. The predicted molar refractivity (Wildman–Crippen MR) is 63.8 cm³/mol. The van der Waals surface area contributed by atoms with Gasteiger partial charge >= 0.3 is 6.09 Å². The van der Waals surface area contributed by atoms with E-state index in [2.05, 4.69) is 0 Å². The van der Waals surface area contributed by atoms with Crippen molar-refractivity contribution in [2.75, 3.05) is 19.7 Å². The maximum atomic E-state index is 11.8. The summed E-state index contributed by atoms with van der Waals surface area (Å²) in [6, 6.07) is 8.97. The molecule has 4 nitrogen and oxygen atoms in total. The third kappa shape index (κ3) is 3.07. The monoisotopic (exact) mass is 233 g/mol. The van der Waals surface area contributed by atoms with Gasteiger partial charge in [-0.15, -0.1) is 0 Å². The fourth-order valence-electron chi connectivity index (χ4n) is 1.72. The summed E-state index contributed by atoms with van der Waals surface area (Å²) in [6.45, 7) is 1.08. The number of benzene rings is 1. The lowest BCUT2D eigenvalue weighted by Gasteiger charge is -2.26. The molecule has 1 aromatic carbocycles. The van der Waals surface area contributed by atoms with E-state index in [0.29, 0.717) is 18.8 Å². The minimum Gasteiger partial charge on any atom is -0.410 e. The van der Waals surface area contributed by atoms with Crippen LogP contribution in [0.1, 0.15) is 0 Å². The van der Waals surface area contributed by atoms with Crippen LogP contribution in [0.5, 0.6) is 5.75 Å². The highest BCUT2D eigenvalue weighted by atomic mass is 16.6. The summed E-state index contributed by atoms with van der Waals surface area (Å²) in [6.07, 6.45) is 3.42. The zero-order valence-electron chi connectivity index (χ0n) is 9.45. The minimum atomic E-state index is -0.376. The fraction of sp³-hybridized carbons (Fsp3) is 0.308. The Bertz CT molecular complexity index is 402. The average Bonchev–Trinajstić information content (AvgIpc) is 2.40. The van der Waals surface area contributed by atoms with Crippen molar-refractivity contribution in [3.05, 3.63) is 42.5 Å². The number of carbonyl (C=O) groups is 1. The van der Waals surface area contributed by atoms with E-state index < -0.39 is 0 Å². The molecular weight excluding hydrogens is 218 g/mol. The number of amides is 1. The summed E-state index contributed by atoms with van der Waals surface area (Å²) in [7, 11) is 0. The van der Waals surface area contributed by atoms with Crippen LogP contribution >= 0.6 is 0 Å². The molecular formula is C13H15NO3. The molecule has 1 atom stereocenters. The van der Waals surface area contributed by atoms with E-state index in [1.807, 2.05) is 30.4 Å². The van der Waals surface area contributed by atoms with Crippen molar-refractivity contribution < 1.29 is 14.6 Å². The van der Waals surface area contributed by atoms with Gasteiger partial charge in [-0.2, -0.15) is 0 Å². The lowest BCUT2D eigenvalue weighted by atomic mass is 10.1. The molecule has 1 aliphatic rings. The van der Waals surface area contributed by atoms with Gasteiger partial charge in [-0.3, -0.25) is 0 Å². The van der Waals surface area contributed by atoms with Crippen LogP contribution in [0.4, 0.5) is 4.79 Å². The number of hydrogen-bond donors (Lipinski definition) is 1. The highest BCUT2D eigenvalue weighted by Gasteiger charge is 2.21. The lowest BCUT2D eigenvalue weighted by molar-refractivity contribution is 0.139. The average molecular weight is 233 g/mol. The molecule has 0 saturated carbocycles. The number of nitrogens with zero attached hydrogens (tertiary/aromatic N) is 1. The second-order valence-electron chi connectivity index (χ2n) is 3.96. The molecule has 90 valence electrons. The second kappa shape index (κ2) is 5.50. The highest BCUT2D eigenvalue weighted by Crippen LogP contribution is 2.13. The maximum absolute atomic E-state index is 11.8. The van der Waals surface area contributed by atoms with Gasteiger partial charge in [0.2, 0.25) is 0 Å². The summed E-state index contributed by atoms with van der Waals surface area (Å²) < 4.78 is 5.22. The van der Waals surface area contributed by atoms with Crippen LogP contribution in [0.3, 0.4) is 0 Å². The lowest BCUT2D eigenvalue weighted by Crippen LogP contribution is -2.40. The van der Waals surface area contributed by atoms with E-state index in [-0.39, 0.29) is 18.6 Å². The molecule has 1 heterocycles. The number of carbonyl (C=O) groups excluding carboxylic acids is 1. The third-order valence-corrected chi connectivity index (χ3v) is 2.63. The fourth-order valence-corrected chi connectivity index (χ4v) is 1.72. The smallest absolute Gasteiger partial charge is 0.410 e. The minimum absolute atomic E-state index is 0.00655. The molecule has 0 unspecified atom stereocenters. The van der Waals surface area contributed by atoms with Gasteiger partial charge < -0.3 is 14.7 Å². The van der Waals surface area contributed by atoms with Gasteiger partial charge in [0.05, 0.1) is 6.61 Å². The van der Waals surface area contributed by atoms with Crippen LogP contribution in [0, 0.1) is 5.92 Å². The molecule has 0 aliphatic carbocycles. The second-order valence-corrected chi connectivity index (χ2v) is 3.96. The summed E-state index contributed by atoms with van der Waals surface area (Å²) in [4.78, 5) is 13.4. The molecule has 1 aliphatic heterocycles. The summed E-state index contributed by atoms with van der Waals surface area (Å²) in [5.41, 5.74) is 0. The van der Waals surface area contributed by atoms with Crippen molar-refractivity contribution in [2.45, 2.75) is 0 Å². The largest absolute Gasteiger partial charge is 0.415 e. The Hall–Kier alpha value is -1.81. The van der Waals surface area contributed by atoms with Gasteiger partial charge in [0.25, 0.3) is 0 Å². The van der Waals surface area contributed by atoms with Crippen molar-refractivity contribution in [2.24, 2.45) is 5.92 Å². The molecule has 0 bridgehead atoms. The first-order valence-corrected chi connectivity index (χ1v) is 5.59. The van der Waals surface area contributed by atoms with Crippen LogP contribution < -0.4 is 4.74 Å². The maximum Gasteiger partial charge on any atom is 0.415 e. The van der Waals surface area contributed by atoms with E-state index in [0.717, 1.165) is 0 Å². The van der Waals surface area contributed by atoms with Crippen molar-refractivity contribution in [3.8, 4) is 5.75 Å². The Labute approximate surface area is 100 Å². The van der Waals surface area contributed by atoms with E-state index in [4.69, 9.17) is 9.84 Å². The predicted octanol–water partition coefficient (Wildman–Crippen LogP) is 1.67. The number of aliphatic hydroxyl groups is 1. The van der Waals surface area contributed by atoms with Crippen LogP contribution in [-0.4, -0.2) is 35.8 Å². The summed E-state index contributed by atoms with van der Waals surface area (Å²) in [5, 5.41) is 9.05. The molecule has 17 heavy (non-hydrogen) atoms. The molecule has 2 rings (SSSR count). The Balaban J connectivity index is 1.95. The van der Waals surface area contributed by atoms with Gasteiger partial charge in [-0.05, 0) is 12.1 Å². The van der Waals surface area contributed by atoms with Crippen molar-refractivity contribution in [1.29, 1.82) is 0 Å². The molecule has 0 radical (unpaired) electrons. The number of para-hydroxylation sites is 1. The molecule has 0 saturated heterocycles. The quantitative estimate of drug-likeness (QED) is 0.790. The number of ether oxygens (including phenoxy) is 1. The molecule has 4 heteroatoms. The number of aliphatic hydroxyl groups excluding tert-OH is 1. The summed E-state index contributed by atoms with van der Waals surface area (Å²) in [5.74, 6) is 0.541. The SMILES string of the molecule is O=C(Oc1ccccc1)N1CC=C[C@@H](CO)C1. The van der Waals surface area contributed by atoms with E-state index in [1.165, 1.54) is 0 Å². The van der Waals surface area contributed by atoms with Gasteiger partial charge in [0.15, 0.2) is 0 Å². The topological polar surface area (TPSA) is 49.8 Å². The van der Waals surface area contributed by atoms with Crippen molar-refractivity contribution in [1.82, 2.24) is 4.90 Å². The van der Waals surface area contributed by atoms with Gasteiger partial charge in [0, 0.05) is 19.0 Å². The normalized spacial score (nSPS) is 19.1. The van der Waals surface area contributed by atoms with E-state index in [1.54, 1.807) is 17.0 Å². The van der Waals surface area contributed by atoms with E-state index >= 15 is 0 Å². The first-order chi connectivity index (χ1) is 8.29. The number of rotatable bonds is 2. The van der Waals surface area contributed by atoms with Crippen molar-refractivity contribution in [3.63, 3.8) is 0 Å². The first-order valence-electron chi connectivity index (χ1n) is 5.59. The highest BCUT2D eigenvalue weighted by molar-refractivity contribution is 5.71. The molecule has 0 spiro atoms. The zero-order chi connectivity index (χ0) is 12.1. The standard InChI is InChI=1S/C13H15NO3/c15-10-11-5-4-8-14(9-11)13(16)17-12-6-2-1-3-7-12/h1-7,11,15H,8-10H2/t11-/m1/s1. The molecule has 1 N–H and O–H groups in total. The Morgan fingerprint density at radius 1 is 1.41 bits per heavy atom. The zero-order valence-corrected chi connectivity index (χ0v) is 9.45. The first kappa shape index (κ1) is 11.7. The Morgan fingerprint density at radius 3 is 2.88 bits per heavy atom. The third-order valence-electron chi connectivity index (χ3n) is 2.63. The van der Waals surface area contributed by atoms with Gasteiger partial charge in [-0.1, -0.05) is 30.4 Å². The summed E-state index contributed by atoms with van der Waals surface area (Å²) >= 11 is 0. The van der Waals surface area contributed by atoms with Crippen molar-refractivity contribution >= 4 is 6.09 Å². The molecule has 1 aromatic rings. The number of hydrogen-bond acceptors (Lipinski definition) is 3. The van der Waals surface area contributed by atoms with Crippen LogP contribution in [-0.2, 0) is 0 Å². The Morgan fingerprint density at radius 2 is 2.18 bits per heavy atom. The van der Waals surface area contributed by atoms with Crippen LogP contribution in [0.15, 0.2) is 42.5 Å². The molecule has 0 aromatic heterocycles. The van der Waals surface area contributed by atoms with E-state index in [9.17, 15) is 4.79 Å². The molecule has 1 amide bonds.